The first kappa shape index (κ1) is 21.3. The van der Waals surface area contributed by atoms with E-state index in [0.717, 1.165) is 17.6 Å². The van der Waals surface area contributed by atoms with Gasteiger partial charge in [0.15, 0.2) is 0 Å². The Morgan fingerprint density at radius 3 is 2.47 bits per heavy atom. The molecule has 1 aromatic carbocycles. The minimum Gasteiger partial charge on any atom is -0.386 e. The van der Waals surface area contributed by atoms with Crippen LogP contribution in [0.2, 0.25) is 0 Å². The normalized spacial score (nSPS) is 32.3. The van der Waals surface area contributed by atoms with Crippen LogP contribution in [0.5, 0.6) is 0 Å². The van der Waals surface area contributed by atoms with Gasteiger partial charge in [0, 0.05) is 0 Å². The standard InChI is InChI=1S/C26H29N5O3/c1-26(2)18-10-17(11-19(26)12-18)23(32)21-9-8-20-22(31(21)29-14-27-28-15-29)25(34)30(24(20)33)13-16-6-4-3-5-7-16/h3-10,14-15,18-23,32H,11-13H2,1-2H3/t18-,19+,20?,21?,22?,23?/m1/s1. The van der Waals surface area contributed by atoms with Crippen molar-refractivity contribution in [3.05, 3.63) is 72.4 Å². The zero-order chi connectivity index (χ0) is 23.6. The van der Waals surface area contributed by atoms with Gasteiger partial charge in [-0.05, 0) is 41.2 Å². The number of rotatable bonds is 5. The number of imide groups is 1. The number of carbonyl (C=O) groups excluding carboxylic acids is 2. The minimum atomic E-state index is -0.785. The molecule has 1 saturated heterocycles. The van der Waals surface area contributed by atoms with Crippen LogP contribution in [-0.2, 0) is 16.1 Å². The number of likely N-dealkylation sites (tertiary alicyclic amines) is 1. The van der Waals surface area contributed by atoms with Gasteiger partial charge in [0.1, 0.15) is 24.8 Å². The molecule has 1 aromatic heterocycles. The molecule has 3 heterocycles. The zero-order valence-electron chi connectivity index (χ0n) is 19.4. The number of nitrogens with zero attached hydrogens (tertiary/aromatic N) is 5. The van der Waals surface area contributed by atoms with Crippen LogP contribution < -0.4 is 5.01 Å². The fourth-order valence-corrected chi connectivity index (χ4v) is 6.23. The van der Waals surface area contributed by atoms with Crippen molar-refractivity contribution in [1.82, 2.24) is 19.8 Å². The zero-order valence-corrected chi connectivity index (χ0v) is 19.4. The van der Waals surface area contributed by atoms with E-state index in [4.69, 9.17) is 0 Å². The molecule has 4 unspecified atom stereocenters. The fraction of sp³-hybridized carbons (Fsp3) is 0.462. The summed E-state index contributed by atoms with van der Waals surface area (Å²) in [6, 6.07) is 8.25. The monoisotopic (exact) mass is 459 g/mol. The van der Waals surface area contributed by atoms with E-state index in [1.165, 1.54) is 24.0 Å². The van der Waals surface area contributed by atoms with Gasteiger partial charge in [-0.3, -0.25) is 19.5 Å². The maximum absolute atomic E-state index is 13.6. The molecule has 2 amide bonds. The second-order valence-electron chi connectivity index (χ2n) is 10.6. The van der Waals surface area contributed by atoms with E-state index < -0.39 is 24.1 Å². The van der Waals surface area contributed by atoms with Gasteiger partial charge in [-0.25, -0.2) is 4.68 Å². The van der Waals surface area contributed by atoms with Crippen molar-refractivity contribution in [3.63, 3.8) is 0 Å². The molecular formula is C26H29N5O3. The second-order valence-corrected chi connectivity index (χ2v) is 10.6. The van der Waals surface area contributed by atoms with E-state index in [0.29, 0.717) is 11.8 Å². The molecular weight excluding hydrogens is 430 g/mol. The summed E-state index contributed by atoms with van der Waals surface area (Å²) in [7, 11) is 0. The number of fused-ring (bicyclic) bond motifs is 2. The number of aliphatic hydroxyl groups is 1. The molecule has 8 nitrogen and oxygen atoms in total. The lowest BCUT2D eigenvalue weighted by molar-refractivity contribution is -0.139. The summed E-state index contributed by atoms with van der Waals surface area (Å²) in [6.45, 7) is 4.82. The van der Waals surface area contributed by atoms with Gasteiger partial charge in [0.2, 0.25) is 5.91 Å². The Hall–Kier alpha value is -3.26. The molecule has 2 aliphatic heterocycles. The highest BCUT2D eigenvalue weighted by molar-refractivity contribution is 6.09. The van der Waals surface area contributed by atoms with Crippen molar-refractivity contribution in [1.29, 1.82) is 0 Å². The maximum atomic E-state index is 13.6. The van der Waals surface area contributed by atoms with Crippen LogP contribution in [0, 0.1) is 23.2 Å². The Balaban J connectivity index is 1.33. The molecule has 3 aliphatic carbocycles. The van der Waals surface area contributed by atoms with E-state index in [2.05, 4.69) is 30.1 Å². The number of hydrogen-bond donors (Lipinski definition) is 1. The summed E-state index contributed by atoms with van der Waals surface area (Å²) in [5, 5.41) is 21.2. The fourth-order valence-electron chi connectivity index (χ4n) is 6.23. The lowest BCUT2D eigenvalue weighted by Crippen LogP contribution is -2.61. The number of aliphatic hydroxyl groups excluding tert-OH is 1. The van der Waals surface area contributed by atoms with Crippen LogP contribution in [0.25, 0.3) is 0 Å². The third-order valence-corrected chi connectivity index (χ3v) is 8.52. The van der Waals surface area contributed by atoms with Crippen LogP contribution in [0.3, 0.4) is 0 Å². The van der Waals surface area contributed by atoms with Crippen molar-refractivity contribution in [2.24, 2.45) is 23.2 Å². The van der Waals surface area contributed by atoms with Crippen LogP contribution in [0.1, 0.15) is 32.3 Å². The predicted molar refractivity (Wildman–Crippen MR) is 125 cm³/mol. The third-order valence-electron chi connectivity index (χ3n) is 8.52. The van der Waals surface area contributed by atoms with Gasteiger partial charge in [-0.15, -0.1) is 10.2 Å². The average molecular weight is 460 g/mol. The first-order valence-corrected chi connectivity index (χ1v) is 12.0. The van der Waals surface area contributed by atoms with E-state index in [1.807, 2.05) is 36.4 Å². The molecule has 2 aromatic rings. The molecule has 0 radical (unpaired) electrons. The summed E-state index contributed by atoms with van der Waals surface area (Å²) in [4.78, 5) is 28.2. The maximum Gasteiger partial charge on any atom is 0.255 e. The van der Waals surface area contributed by atoms with Crippen LogP contribution in [0.4, 0.5) is 0 Å². The summed E-state index contributed by atoms with van der Waals surface area (Å²) < 4.78 is 1.64. The van der Waals surface area contributed by atoms with Crippen LogP contribution >= 0.6 is 0 Å². The highest BCUT2D eigenvalue weighted by Crippen LogP contribution is 2.58. The summed E-state index contributed by atoms with van der Waals surface area (Å²) in [5.41, 5.74) is 2.19. The second kappa shape index (κ2) is 7.63. The van der Waals surface area contributed by atoms with Crippen molar-refractivity contribution in [2.75, 3.05) is 5.01 Å². The van der Waals surface area contributed by atoms with Gasteiger partial charge in [0.25, 0.3) is 5.91 Å². The molecule has 0 spiro atoms. The summed E-state index contributed by atoms with van der Waals surface area (Å²) >= 11 is 0. The molecule has 2 fully saturated rings. The number of benzene rings is 1. The summed E-state index contributed by atoms with van der Waals surface area (Å²) in [5.74, 6) is -0.0750. The summed E-state index contributed by atoms with van der Waals surface area (Å²) in [6.07, 6.45) is 10.2. The Bertz CT molecular complexity index is 1170. The largest absolute Gasteiger partial charge is 0.386 e. The first-order valence-electron chi connectivity index (χ1n) is 12.0. The smallest absolute Gasteiger partial charge is 0.255 e. The van der Waals surface area contributed by atoms with Gasteiger partial charge >= 0.3 is 0 Å². The Morgan fingerprint density at radius 1 is 1.09 bits per heavy atom. The Morgan fingerprint density at radius 2 is 1.82 bits per heavy atom. The number of hydrogen-bond acceptors (Lipinski definition) is 6. The average Bonchev–Trinajstić information content (AvgIpc) is 3.47. The minimum absolute atomic E-state index is 0.221. The molecule has 8 heteroatoms. The van der Waals surface area contributed by atoms with Crippen molar-refractivity contribution < 1.29 is 14.7 Å². The van der Waals surface area contributed by atoms with E-state index in [1.54, 1.807) is 15.8 Å². The highest BCUT2D eigenvalue weighted by Gasteiger charge is 2.55. The SMILES string of the molecule is CC1(C)[C@H]2CC(C(O)C3C=CC4C(=O)N(Cc5ccccc5)C(=O)C4N3n3cnnc3)=C[C@@H]1C2. The van der Waals surface area contributed by atoms with Gasteiger partial charge in [-0.2, -0.15) is 0 Å². The lowest BCUT2D eigenvalue weighted by atomic mass is 9.49. The molecule has 2 bridgehead atoms. The number of amides is 2. The first-order chi connectivity index (χ1) is 16.4. The third kappa shape index (κ3) is 3.08. The van der Waals surface area contributed by atoms with Gasteiger partial charge in [0.05, 0.1) is 18.5 Å². The molecule has 6 atom stereocenters. The molecule has 1 N–H and O–H groups in total. The van der Waals surface area contributed by atoms with Gasteiger partial charge < -0.3 is 5.11 Å². The Kier molecular flexibility index (Phi) is 4.78. The molecule has 5 aliphatic rings. The molecule has 7 rings (SSSR count). The van der Waals surface area contributed by atoms with Crippen molar-refractivity contribution in [3.8, 4) is 0 Å². The number of allylic oxidation sites excluding steroid dienone is 1. The topological polar surface area (TPSA) is 91.6 Å². The quantitative estimate of drug-likeness (QED) is 0.544. The van der Waals surface area contributed by atoms with E-state index in [-0.39, 0.29) is 23.8 Å². The van der Waals surface area contributed by atoms with Crippen LogP contribution in [-0.4, -0.2) is 54.9 Å². The highest BCUT2D eigenvalue weighted by atomic mass is 16.3. The molecule has 176 valence electrons. The van der Waals surface area contributed by atoms with E-state index in [9.17, 15) is 14.7 Å². The molecule has 34 heavy (non-hydrogen) atoms. The number of carbonyl (C=O) groups is 2. The van der Waals surface area contributed by atoms with E-state index >= 15 is 0 Å². The number of aromatic nitrogens is 3. The molecule has 1 saturated carbocycles. The lowest BCUT2D eigenvalue weighted by Gasteiger charge is -2.56. The van der Waals surface area contributed by atoms with Crippen molar-refractivity contribution >= 4 is 11.8 Å². The van der Waals surface area contributed by atoms with Gasteiger partial charge in [-0.1, -0.05) is 62.4 Å². The van der Waals surface area contributed by atoms with Crippen molar-refractivity contribution in [2.45, 2.75) is 51.4 Å². The van der Waals surface area contributed by atoms with Crippen LogP contribution in [0.15, 0.2) is 66.8 Å². The Labute approximate surface area is 198 Å². The predicted octanol–water partition coefficient (Wildman–Crippen LogP) is 2.06.